The van der Waals surface area contributed by atoms with E-state index >= 15 is 0 Å². The zero-order valence-corrected chi connectivity index (χ0v) is 10.1. The molecule has 0 amide bonds. The molecule has 18 heavy (non-hydrogen) atoms. The van der Waals surface area contributed by atoms with Gasteiger partial charge in [-0.15, -0.1) is 10.2 Å². The number of aromatic nitrogens is 4. The third-order valence-corrected chi connectivity index (χ3v) is 2.69. The SMILES string of the molecule is Clc1ccc(COc2ccn3cnnc3n2)cc1. The van der Waals surface area contributed by atoms with Crippen LogP contribution in [-0.2, 0) is 6.61 Å². The molecule has 0 bridgehead atoms. The van der Waals surface area contributed by atoms with E-state index in [1.807, 2.05) is 24.3 Å². The Hall–Kier alpha value is -2.14. The molecule has 0 radical (unpaired) electrons. The van der Waals surface area contributed by atoms with Crippen molar-refractivity contribution in [3.05, 3.63) is 53.4 Å². The molecule has 1 aromatic carbocycles. The van der Waals surface area contributed by atoms with Crippen LogP contribution in [0.5, 0.6) is 5.88 Å². The summed E-state index contributed by atoms with van der Waals surface area (Å²) in [5, 5.41) is 8.31. The lowest BCUT2D eigenvalue weighted by atomic mass is 10.2. The summed E-state index contributed by atoms with van der Waals surface area (Å²) in [6.45, 7) is 0.439. The highest BCUT2D eigenvalue weighted by Gasteiger charge is 2.01. The Balaban J connectivity index is 1.74. The number of rotatable bonds is 3. The van der Waals surface area contributed by atoms with Crippen LogP contribution in [0.2, 0.25) is 5.02 Å². The number of ether oxygens (including phenoxy) is 1. The number of nitrogens with zero attached hydrogens (tertiary/aromatic N) is 4. The van der Waals surface area contributed by atoms with Gasteiger partial charge in [-0.2, -0.15) is 4.98 Å². The van der Waals surface area contributed by atoms with Gasteiger partial charge in [-0.1, -0.05) is 23.7 Å². The predicted molar refractivity (Wildman–Crippen MR) is 66.6 cm³/mol. The quantitative estimate of drug-likeness (QED) is 0.725. The lowest BCUT2D eigenvalue weighted by Crippen LogP contribution is -1.98. The summed E-state index contributed by atoms with van der Waals surface area (Å²) in [5.74, 6) is 1.04. The van der Waals surface area contributed by atoms with Gasteiger partial charge in [0.2, 0.25) is 5.88 Å². The van der Waals surface area contributed by atoms with E-state index in [1.54, 1.807) is 23.0 Å². The van der Waals surface area contributed by atoms with Crippen LogP contribution >= 0.6 is 11.6 Å². The van der Waals surface area contributed by atoms with Crippen LogP contribution in [0, 0.1) is 0 Å². The predicted octanol–water partition coefficient (Wildman–Crippen LogP) is 2.36. The maximum absolute atomic E-state index is 5.81. The monoisotopic (exact) mass is 260 g/mol. The van der Waals surface area contributed by atoms with Gasteiger partial charge >= 0.3 is 0 Å². The molecule has 0 aliphatic rings. The van der Waals surface area contributed by atoms with Gasteiger partial charge in [-0.3, -0.25) is 4.40 Å². The highest BCUT2D eigenvalue weighted by Crippen LogP contribution is 2.13. The molecule has 0 unspecified atom stereocenters. The van der Waals surface area contributed by atoms with Crippen molar-refractivity contribution >= 4 is 17.4 Å². The average Bonchev–Trinajstić information content (AvgIpc) is 2.85. The Morgan fingerprint density at radius 1 is 1.17 bits per heavy atom. The van der Waals surface area contributed by atoms with Crippen LogP contribution in [0.1, 0.15) is 5.56 Å². The summed E-state index contributed by atoms with van der Waals surface area (Å²) in [7, 11) is 0. The summed E-state index contributed by atoms with van der Waals surface area (Å²) < 4.78 is 7.29. The van der Waals surface area contributed by atoms with Gasteiger partial charge in [-0.05, 0) is 17.7 Å². The molecule has 3 aromatic rings. The second kappa shape index (κ2) is 4.62. The highest BCUT2D eigenvalue weighted by atomic mass is 35.5. The fourth-order valence-electron chi connectivity index (χ4n) is 1.52. The molecule has 3 rings (SSSR count). The maximum Gasteiger partial charge on any atom is 0.258 e. The van der Waals surface area contributed by atoms with Crippen molar-refractivity contribution in [1.29, 1.82) is 0 Å². The Morgan fingerprint density at radius 2 is 2.00 bits per heavy atom. The van der Waals surface area contributed by atoms with Crippen molar-refractivity contribution in [2.75, 3.05) is 0 Å². The van der Waals surface area contributed by atoms with E-state index in [0.29, 0.717) is 23.3 Å². The molecule has 0 aliphatic heterocycles. The standard InChI is InChI=1S/C12H9ClN4O/c13-10-3-1-9(2-4-10)7-18-11-5-6-17-8-14-16-12(17)15-11/h1-6,8H,7H2. The summed E-state index contributed by atoms with van der Waals surface area (Å²) in [4.78, 5) is 4.21. The molecule has 0 atom stereocenters. The first kappa shape index (κ1) is 11.0. The van der Waals surface area contributed by atoms with Crippen molar-refractivity contribution in [3.63, 3.8) is 0 Å². The van der Waals surface area contributed by atoms with Gasteiger partial charge in [0.15, 0.2) is 0 Å². The third-order valence-electron chi connectivity index (χ3n) is 2.44. The maximum atomic E-state index is 5.81. The average molecular weight is 261 g/mol. The molecular formula is C12H9ClN4O. The fourth-order valence-corrected chi connectivity index (χ4v) is 1.65. The van der Waals surface area contributed by atoms with Gasteiger partial charge in [0.25, 0.3) is 5.78 Å². The molecule has 2 heterocycles. The Kier molecular flexibility index (Phi) is 2.82. The zero-order chi connectivity index (χ0) is 12.4. The van der Waals surface area contributed by atoms with E-state index in [9.17, 15) is 0 Å². The van der Waals surface area contributed by atoms with Gasteiger partial charge in [0.1, 0.15) is 12.9 Å². The number of halogens is 1. The minimum Gasteiger partial charge on any atom is -0.473 e. The van der Waals surface area contributed by atoms with Gasteiger partial charge < -0.3 is 4.74 Å². The Morgan fingerprint density at radius 3 is 2.83 bits per heavy atom. The number of hydrogen-bond acceptors (Lipinski definition) is 4. The van der Waals surface area contributed by atoms with E-state index < -0.39 is 0 Å². The van der Waals surface area contributed by atoms with Gasteiger partial charge in [-0.25, -0.2) is 0 Å². The summed E-state index contributed by atoms with van der Waals surface area (Å²) in [5.41, 5.74) is 1.03. The largest absolute Gasteiger partial charge is 0.473 e. The van der Waals surface area contributed by atoms with Gasteiger partial charge in [0.05, 0.1) is 0 Å². The number of hydrogen-bond donors (Lipinski definition) is 0. The molecule has 5 nitrogen and oxygen atoms in total. The molecule has 0 aliphatic carbocycles. The number of benzene rings is 1. The van der Waals surface area contributed by atoms with E-state index in [1.165, 1.54) is 0 Å². The van der Waals surface area contributed by atoms with Crippen molar-refractivity contribution in [3.8, 4) is 5.88 Å². The summed E-state index contributed by atoms with van der Waals surface area (Å²) >= 11 is 5.81. The molecule has 0 saturated carbocycles. The first-order chi connectivity index (χ1) is 8.81. The van der Waals surface area contributed by atoms with Gasteiger partial charge in [0, 0.05) is 17.3 Å². The Bertz CT molecular complexity index is 665. The van der Waals surface area contributed by atoms with Crippen LogP contribution in [0.3, 0.4) is 0 Å². The van der Waals surface area contributed by atoms with Crippen molar-refractivity contribution < 1.29 is 4.74 Å². The van der Waals surface area contributed by atoms with Crippen LogP contribution in [0.25, 0.3) is 5.78 Å². The van der Waals surface area contributed by atoms with Crippen LogP contribution in [0.15, 0.2) is 42.9 Å². The number of fused-ring (bicyclic) bond motifs is 1. The smallest absolute Gasteiger partial charge is 0.258 e. The summed E-state index contributed by atoms with van der Waals surface area (Å²) in [6.07, 6.45) is 3.39. The van der Waals surface area contributed by atoms with Crippen molar-refractivity contribution in [2.45, 2.75) is 6.61 Å². The van der Waals surface area contributed by atoms with E-state index in [4.69, 9.17) is 16.3 Å². The zero-order valence-electron chi connectivity index (χ0n) is 9.32. The first-order valence-corrected chi connectivity index (χ1v) is 5.73. The molecule has 0 saturated heterocycles. The molecular weight excluding hydrogens is 252 g/mol. The van der Waals surface area contributed by atoms with Crippen LogP contribution in [0.4, 0.5) is 0 Å². The lowest BCUT2D eigenvalue weighted by Gasteiger charge is -2.05. The second-order valence-corrected chi connectivity index (χ2v) is 4.16. The van der Waals surface area contributed by atoms with E-state index in [0.717, 1.165) is 5.56 Å². The fraction of sp³-hybridized carbons (Fsp3) is 0.0833. The second-order valence-electron chi connectivity index (χ2n) is 3.72. The molecule has 0 N–H and O–H groups in total. The van der Waals surface area contributed by atoms with Crippen molar-refractivity contribution in [1.82, 2.24) is 19.6 Å². The van der Waals surface area contributed by atoms with E-state index in [-0.39, 0.29) is 0 Å². The minimum absolute atomic E-state index is 0.439. The molecule has 0 spiro atoms. The first-order valence-electron chi connectivity index (χ1n) is 5.35. The highest BCUT2D eigenvalue weighted by molar-refractivity contribution is 6.30. The van der Waals surface area contributed by atoms with Crippen molar-refractivity contribution in [2.24, 2.45) is 0 Å². The molecule has 6 heteroatoms. The minimum atomic E-state index is 0.439. The summed E-state index contributed by atoms with van der Waals surface area (Å²) in [6, 6.07) is 9.26. The van der Waals surface area contributed by atoms with Crippen LogP contribution < -0.4 is 4.74 Å². The topological polar surface area (TPSA) is 52.3 Å². The molecule has 90 valence electrons. The molecule has 2 aromatic heterocycles. The molecule has 0 fully saturated rings. The lowest BCUT2D eigenvalue weighted by molar-refractivity contribution is 0.294. The van der Waals surface area contributed by atoms with E-state index in [2.05, 4.69) is 15.2 Å². The van der Waals surface area contributed by atoms with Crippen LogP contribution in [-0.4, -0.2) is 19.6 Å². The Labute approximate surface area is 108 Å². The normalized spacial score (nSPS) is 10.7. The third kappa shape index (κ3) is 2.26.